The molecule has 0 spiro atoms. The number of guanidine groups is 1. The average Bonchev–Trinajstić information content (AvgIpc) is 3.15. The van der Waals surface area contributed by atoms with E-state index in [4.69, 9.17) is 4.99 Å². The minimum Gasteiger partial charge on any atom is -0.357 e. The van der Waals surface area contributed by atoms with E-state index in [2.05, 4.69) is 72.7 Å². The fourth-order valence-corrected chi connectivity index (χ4v) is 4.01. The summed E-state index contributed by atoms with van der Waals surface area (Å²) in [7, 11) is 2.21. The van der Waals surface area contributed by atoms with Crippen molar-refractivity contribution < 1.29 is 0 Å². The van der Waals surface area contributed by atoms with Crippen LogP contribution in [0.2, 0.25) is 0 Å². The summed E-state index contributed by atoms with van der Waals surface area (Å²) in [6.07, 6.45) is 0. The van der Waals surface area contributed by atoms with Crippen molar-refractivity contribution in [3.63, 3.8) is 0 Å². The molecule has 2 N–H and O–H groups in total. The number of hydrogen-bond donors (Lipinski definition) is 2. The van der Waals surface area contributed by atoms with Gasteiger partial charge in [-0.25, -0.2) is 0 Å². The Morgan fingerprint density at radius 1 is 1.26 bits per heavy atom. The molecule has 1 aromatic rings. The van der Waals surface area contributed by atoms with Crippen LogP contribution in [0.15, 0.2) is 22.5 Å². The van der Waals surface area contributed by atoms with Gasteiger partial charge in [-0.15, -0.1) is 35.3 Å². The van der Waals surface area contributed by atoms with E-state index in [1.54, 1.807) is 0 Å². The molecule has 0 saturated carbocycles. The second-order valence-electron chi connectivity index (χ2n) is 8.15. The zero-order valence-corrected chi connectivity index (χ0v) is 20.8. The van der Waals surface area contributed by atoms with Gasteiger partial charge in [-0.05, 0) is 31.3 Å². The Balaban J connectivity index is 0.00000364. The summed E-state index contributed by atoms with van der Waals surface area (Å²) >= 11 is 1.81. The molecule has 5 nitrogen and oxygen atoms in total. The molecule has 156 valence electrons. The fraction of sp³-hybridized carbons (Fsp3) is 0.750. The normalized spacial score (nSPS) is 18.0. The van der Waals surface area contributed by atoms with E-state index in [0.717, 1.165) is 32.1 Å². The maximum absolute atomic E-state index is 4.85. The summed E-state index contributed by atoms with van der Waals surface area (Å²) in [4.78, 5) is 11.2. The second-order valence-corrected chi connectivity index (χ2v) is 9.09. The van der Waals surface area contributed by atoms with Gasteiger partial charge in [0.15, 0.2) is 5.96 Å². The van der Waals surface area contributed by atoms with Crippen LogP contribution in [0.3, 0.4) is 0 Å². The number of nitrogens with one attached hydrogen (secondary N) is 2. The standard InChI is InChI=1S/C20H37N5S.HI/c1-6-21-19(23-16-20(3,4)18-8-7-13-26-18)22-14-17(2)15-25-11-9-24(5)10-12-25;/h7-8,13,17H,6,9-12,14-16H2,1-5H3,(H2,21,22,23);1H. The van der Waals surface area contributed by atoms with Crippen LogP contribution >= 0.6 is 35.3 Å². The Hall–Kier alpha value is -0.380. The Bertz CT molecular complexity index is 539. The summed E-state index contributed by atoms with van der Waals surface area (Å²) in [5.41, 5.74) is 0.0714. The number of thiophene rings is 1. The van der Waals surface area contributed by atoms with Crippen molar-refractivity contribution in [3.05, 3.63) is 22.4 Å². The Morgan fingerprint density at radius 3 is 2.56 bits per heavy atom. The quantitative estimate of drug-likeness (QED) is 0.323. The van der Waals surface area contributed by atoms with Crippen molar-refractivity contribution >= 4 is 41.3 Å². The summed E-state index contributed by atoms with van der Waals surface area (Å²) in [5.74, 6) is 1.54. The minimum absolute atomic E-state index is 0. The molecule has 27 heavy (non-hydrogen) atoms. The number of hydrogen-bond acceptors (Lipinski definition) is 4. The van der Waals surface area contributed by atoms with Crippen molar-refractivity contribution in [2.45, 2.75) is 33.1 Å². The van der Waals surface area contributed by atoms with Gasteiger partial charge >= 0.3 is 0 Å². The Morgan fingerprint density at radius 2 is 1.96 bits per heavy atom. The molecule has 0 amide bonds. The lowest BCUT2D eigenvalue weighted by molar-refractivity contribution is 0.139. The van der Waals surface area contributed by atoms with Gasteiger partial charge < -0.3 is 20.4 Å². The number of piperazine rings is 1. The first-order valence-corrected chi connectivity index (χ1v) is 10.8. The molecule has 0 bridgehead atoms. The predicted octanol–water partition coefficient (Wildman–Crippen LogP) is 3.08. The molecule has 7 heteroatoms. The highest BCUT2D eigenvalue weighted by molar-refractivity contribution is 14.0. The van der Waals surface area contributed by atoms with Gasteiger partial charge in [-0.1, -0.05) is 26.8 Å². The third kappa shape index (κ3) is 8.66. The van der Waals surface area contributed by atoms with Gasteiger partial charge in [0.2, 0.25) is 0 Å². The van der Waals surface area contributed by atoms with Crippen LogP contribution in [0.1, 0.15) is 32.6 Å². The van der Waals surface area contributed by atoms with E-state index in [0.29, 0.717) is 5.92 Å². The van der Waals surface area contributed by atoms with Crippen LogP contribution in [0.5, 0.6) is 0 Å². The highest BCUT2D eigenvalue weighted by Crippen LogP contribution is 2.27. The van der Waals surface area contributed by atoms with Crippen molar-refractivity contribution in [3.8, 4) is 0 Å². The van der Waals surface area contributed by atoms with Gasteiger partial charge in [0.05, 0.1) is 6.54 Å². The maximum Gasteiger partial charge on any atom is 0.191 e. The monoisotopic (exact) mass is 507 g/mol. The SMILES string of the molecule is CCNC(=NCC(C)(C)c1cccs1)NCC(C)CN1CCN(C)CC1.I. The van der Waals surface area contributed by atoms with Crippen LogP contribution in [0, 0.1) is 5.92 Å². The molecule has 1 atom stereocenters. The molecule has 1 unspecified atom stereocenters. The van der Waals surface area contributed by atoms with Crippen molar-refractivity contribution in [2.24, 2.45) is 10.9 Å². The topological polar surface area (TPSA) is 42.9 Å². The van der Waals surface area contributed by atoms with Crippen molar-refractivity contribution in [2.75, 3.05) is 59.4 Å². The molecule has 1 fully saturated rings. The maximum atomic E-state index is 4.85. The molecule has 0 radical (unpaired) electrons. The number of nitrogens with zero attached hydrogens (tertiary/aromatic N) is 3. The number of likely N-dealkylation sites (N-methyl/N-ethyl adjacent to an activating group) is 1. The largest absolute Gasteiger partial charge is 0.357 e. The van der Waals surface area contributed by atoms with Crippen LogP contribution in [0.25, 0.3) is 0 Å². The van der Waals surface area contributed by atoms with Crippen LogP contribution in [-0.2, 0) is 5.41 Å². The molecule has 0 aliphatic carbocycles. The molecule has 1 saturated heterocycles. The van der Waals surface area contributed by atoms with Crippen LogP contribution in [-0.4, -0.2) is 75.2 Å². The first-order chi connectivity index (χ1) is 12.4. The summed E-state index contributed by atoms with van der Waals surface area (Å²) in [6.45, 7) is 17.5. The third-order valence-electron chi connectivity index (χ3n) is 4.95. The molecule has 2 rings (SSSR count). The molecular formula is C20H38IN5S. The fourth-order valence-electron chi connectivity index (χ4n) is 3.17. The number of aliphatic imine (C=N–C) groups is 1. The Kier molecular flexibility index (Phi) is 11.2. The third-order valence-corrected chi connectivity index (χ3v) is 6.18. The first kappa shape index (κ1) is 24.7. The van der Waals surface area contributed by atoms with Gasteiger partial charge in [0.1, 0.15) is 0 Å². The lowest BCUT2D eigenvalue weighted by Gasteiger charge is -2.34. The lowest BCUT2D eigenvalue weighted by atomic mass is 9.92. The molecular weight excluding hydrogens is 469 g/mol. The predicted molar refractivity (Wildman–Crippen MR) is 130 cm³/mol. The molecule has 0 aromatic carbocycles. The average molecular weight is 508 g/mol. The number of halogens is 1. The smallest absolute Gasteiger partial charge is 0.191 e. The van der Waals surface area contributed by atoms with E-state index < -0.39 is 0 Å². The van der Waals surface area contributed by atoms with Crippen molar-refractivity contribution in [1.29, 1.82) is 0 Å². The van der Waals surface area contributed by atoms with E-state index in [1.807, 2.05) is 11.3 Å². The summed E-state index contributed by atoms with van der Waals surface area (Å²) in [5, 5.41) is 9.07. The van der Waals surface area contributed by atoms with E-state index >= 15 is 0 Å². The molecule has 1 aliphatic rings. The zero-order valence-electron chi connectivity index (χ0n) is 17.6. The molecule has 1 aromatic heterocycles. The zero-order chi connectivity index (χ0) is 19.0. The van der Waals surface area contributed by atoms with Gasteiger partial charge in [0.25, 0.3) is 0 Å². The lowest BCUT2D eigenvalue weighted by Crippen LogP contribution is -2.47. The van der Waals surface area contributed by atoms with E-state index in [-0.39, 0.29) is 29.4 Å². The van der Waals surface area contributed by atoms with Gasteiger partial charge in [-0.3, -0.25) is 4.99 Å². The number of rotatable bonds is 8. The van der Waals surface area contributed by atoms with Gasteiger partial charge in [-0.2, -0.15) is 0 Å². The second kappa shape index (κ2) is 12.2. The van der Waals surface area contributed by atoms with Crippen molar-refractivity contribution in [1.82, 2.24) is 20.4 Å². The minimum atomic E-state index is 0. The molecule has 1 aliphatic heterocycles. The summed E-state index contributed by atoms with van der Waals surface area (Å²) in [6, 6.07) is 4.33. The Labute approximate surface area is 187 Å². The van der Waals surface area contributed by atoms with Crippen LogP contribution in [0.4, 0.5) is 0 Å². The highest BCUT2D eigenvalue weighted by Gasteiger charge is 2.21. The van der Waals surface area contributed by atoms with Crippen LogP contribution < -0.4 is 10.6 Å². The van der Waals surface area contributed by atoms with Gasteiger partial charge in [0, 0.05) is 56.1 Å². The van der Waals surface area contributed by atoms with E-state index in [1.165, 1.54) is 31.1 Å². The van der Waals surface area contributed by atoms with E-state index in [9.17, 15) is 0 Å². The molecule has 2 heterocycles. The summed E-state index contributed by atoms with van der Waals surface area (Å²) < 4.78 is 0. The first-order valence-electron chi connectivity index (χ1n) is 9.87. The highest BCUT2D eigenvalue weighted by atomic mass is 127.